The highest BCUT2D eigenvalue weighted by Crippen LogP contribution is 2.29. The molecule has 0 spiro atoms. The molecule has 0 saturated heterocycles. The molecular weight excluding hydrogens is 375 g/mol. The average Bonchev–Trinajstić information content (AvgIpc) is 3.06. The quantitative estimate of drug-likeness (QED) is 0.737. The molecule has 146 valence electrons. The van der Waals surface area contributed by atoms with Crippen LogP contribution in [0.25, 0.3) is 5.69 Å². The lowest BCUT2D eigenvalue weighted by atomic mass is 10.1. The highest BCUT2D eigenvalue weighted by atomic mass is 19.1. The van der Waals surface area contributed by atoms with E-state index in [0.29, 0.717) is 18.2 Å². The van der Waals surface area contributed by atoms with Crippen LogP contribution in [0.5, 0.6) is 0 Å². The van der Waals surface area contributed by atoms with E-state index in [1.807, 2.05) is 29.2 Å². The first-order valence-electron chi connectivity index (χ1n) is 9.29. The zero-order chi connectivity index (χ0) is 20.0. The standard InChI is InChI=1S/C20H17FN6O2/c21-14-7-2-3-8-15(14)23-17(28)12-26-20(29)27-16-9-4-1-6-13(16)18-22-10-5-11-25(18)19(27)24-26/h1-4,6-9H,5,10-12H2,(H,23,28). The SMILES string of the molecule is O=C(Cn1nc2n(c1=O)-c1ccccc1C1=NCCCN12)Nc1ccccc1F. The number of amidine groups is 1. The summed E-state index contributed by atoms with van der Waals surface area (Å²) in [5.41, 5.74) is 1.17. The van der Waals surface area contributed by atoms with Crippen molar-refractivity contribution < 1.29 is 9.18 Å². The molecule has 3 heterocycles. The number of anilines is 2. The summed E-state index contributed by atoms with van der Waals surface area (Å²) >= 11 is 0. The zero-order valence-electron chi connectivity index (χ0n) is 15.4. The summed E-state index contributed by atoms with van der Waals surface area (Å²) in [7, 11) is 0. The summed E-state index contributed by atoms with van der Waals surface area (Å²) in [4.78, 5) is 32.0. The molecule has 5 rings (SSSR count). The number of benzene rings is 2. The molecular formula is C20H17FN6O2. The van der Waals surface area contributed by atoms with Gasteiger partial charge in [0.2, 0.25) is 11.9 Å². The van der Waals surface area contributed by atoms with Gasteiger partial charge in [-0.3, -0.25) is 14.7 Å². The van der Waals surface area contributed by atoms with E-state index in [2.05, 4.69) is 15.4 Å². The van der Waals surface area contributed by atoms with E-state index in [0.717, 1.165) is 29.0 Å². The molecule has 0 unspecified atom stereocenters. The number of nitrogens with zero attached hydrogens (tertiary/aromatic N) is 5. The van der Waals surface area contributed by atoms with Gasteiger partial charge in [0.05, 0.1) is 11.4 Å². The number of amides is 1. The number of fused-ring (bicyclic) bond motifs is 6. The number of para-hydroxylation sites is 2. The number of aromatic nitrogens is 3. The van der Waals surface area contributed by atoms with E-state index < -0.39 is 17.4 Å². The van der Waals surface area contributed by atoms with E-state index >= 15 is 0 Å². The minimum atomic E-state index is -0.541. The number of carbonyl (C=O) groups excluding carboxylic acids is 1. The summed E-state index contributed by atoms with van der Waals surface area (Å²) in [6.07, 6.45) is 0.848. The molecule has 3 aromatic rings. The number of halogens is 1. The van der Waals surface area contributed by atoms with Crippen LogP contribution in [-0.2, 0) is 11.3 Å². The van der Waals surface area contributed by atoms with Crippen LogP contribution in [0.4, 0.5) is 16.0 Å². The average molecular weight is 392 g/mol. The van der Waals surface area contributed by atoms with Crippen molar-refractivity contribution in [3.8, 4) is 5.69 Å². The monoisotopic (exact) mass is 392 g/mol. The van der Waals surface area contributed by atoms with Crippen LogP contribution in [-0.4, -0.2) is 39.2 Å². The zero-order valence-corrected chi connectivity index (χ0v) is 15.4. The van der Waals surface area contributed by atoms with Crippen molar-refractivity contribution in [2.24, 2.45) is 4.99 Å². The molecule has 1 amide bonds. The Morgan fingerprint density at radius 2 is 1.93 bits per heavy atom. The Morgan fingerprint density at radius 1 is 1.14 bits per heavy atom. The largest absolute Gasteiger partial charge is 0.352 e. The molecule has 2 aliphatic heterocycles. The van der Waals surface area contributed by atoms with Gasteiger partial charge in [0, 0.05) is 18.7 Å². The summed E-state index contributed by atoms with van der Waals surface area (Å²) < 4.78 is 16.4. The molecule has 0 bridgehead atoms. The van der Waals surface area contributed by atoms with Gasteiger partial charge in [-0.2, -0.15) is 0 Å². The van der Waals surface area contributed by atoms with Gasteiger partial charge in [-0.25, -0.2) is 18.4 Å². The Labute approximate surface area is 164 Å². The molecule has 0 aliphatic carbocycles. The minimum absolute atomic E-state index is 0.0605. The number of nitrogens with one attached hydrogen (secondary N) is 1. The van der Waals surface area contributed by atoms with Crippen molar-refractivity contribution in [2.45, 2.75) is 13.0 Å². The molecule has 2 aromatic carbocycles. The van der Waals surface area contributed by atoms with Crippen LogP contribution in [0.1, 0.15) is 12.0 Å². The molecule has 9 heteroatoms. The highest BCUT2D eigenvalue weighted by molar-refractivity contribution is 6.13. The van der Waals surface area contributed by atoms with Gasteiger partial charge in [0.15, 0.2) is 0 Å². The minimum Gasteiger partial charge on any atom is -0.322 e. The molecule has 8 nitrogen and oxygen atoms in total. The maximum Gasteiger partial charge on any atom is 0.352 e. The Balaban J connectivity index is 1.53. The predicted octanol–water partition coefficient (Wildman–Crippen LogP) is 1.78. The third-order valence-electron chi connectivity index (χ3n) is 4.95. The van der Waals surface area contributed by atoms with Crippen LogP contribution in [0, 0.1) is 5.82 Å². The lowest BCUT2D eigenvalue weighted by Crippen LogP contribution is -2.42. The lowest BCUT2D eigenvalue weighted by molar-refractivity contribution is -0.117. The molecule has 0 atom stereocenters. The first kappa shape index (κ1) is 17.4. The number of carbonyl (C=O) groups is 1. The number of aliphatic imine (C=N–C) groups is 1. The second kappa shape index (κ2) is 6.69. The number of hydrogen-bond acceptors (Lipinski definition) is 5. The van der Waals surface area contributed by atoms with Crippen LogP contribution in [0.15, 0.2) is 58.3 Å². The van der Waals surface area contributed by atoms with Gasteiger partial charge in [0.25, 0.3) is 0 Å². The van der Waals surface area contributed by atoms with Gasteiger partial charge < -0.3 is 5.32 Å². The Hall–Kier alpha value is -3.75. The van der Waals surface area contributed by atoms with E-state index in [-0.39, 0.29) is 12.2 Å². The normalized spacial score (nSPS) is 14.5. The van der Waals surface area contributed by atoms with Crippen molar-refractivity contribution in [2.75, 3.05) is 23.3 Å². The number of rotatable bonds is 3. The highest BCUT2D eigenvalue weighted by Gasteiger charge is 2.33. The third kappa shape index (κ3) is 2.82. The Bertz CT molecular complexity index is 1210. The molecule has 0 saturated carbocycles. The molecule has 1 aromatic heterocycles. The summed E-state index contributed by atoms with van der Waals surface area (Å²) in [5, 5.41) is 6.88. The molecule has 1 N–H and O–H groups in total. The smallest absolute Gasteiger partial charge is 0.322 e. The van der Waals surface area contributed by atoms with Crippen molar-refractivity contribution in [3.63, 3.8) is 0 Å². The summed E-state index contributed by atoms with van der Waals surface area (Å²) in [6.45, 7) is 1.08. The van der Waals surface area contributed by atoms with Gasteiger partial charge in [-0.1, -0.05) is 24.3 Å². The van der Waals surface area contributed by atoms with Crippen molar-refractivity contribution >= 4 is 23.4 Å². The maximum absolute atomic E-state index is 13.8. The first-order chi connectivity index (χ1) is 14.1. The number of hydrogen-bond donors (Lipinski definition) is 1. The van der Waals surface area contributed by atoms with E-state index in [9.17, 15) is 14.0 Å². The fraction of sp³-hybridized carbons (Fsp3) is 0.200. The van der Waals surface area contributed by atoms with Crippen LogP contribution < -0.4 is 15.9 Å². The fourth-order valence-corrected chi connectivity index (χ4v) is 3.66. The molecule has 29 heavy (non-hydrogen) atoms. The third-order valence-corrected chi connectivity index (χ3v) is 4.95. The van der Waals surface area contributed by atoms with Crippen LogP contribution in [0.3, 0.4) is 0 Å². The van der Waals surface area contributed by atoms with Crippen molar-refractivity contribution in [3.05, 3.63) is 70.4 Å². The Morgan fingerprint density at radius 3 is 2.79 bits per heavy atom. The molecule has 2 aliphatic rings. The lowest BCUT2D eigenvalue weighted by Gasteiger charge is -2.33. The second-order valence-corrected chi connectivity index (χ2v) is 6.83. The second-order valence-electron chi connectivity index (χ2n) is 6.83. The van der Waals surface area contributed by atoms with Crippen LogP contribution in [0.2, 0.25) is 0 Å². The van der Waals surface area contributed by atoms with Crippen molar-refractivity contribution in [1.29, 1.82) is 0 Å². The van der Waals surface area contributed by atoms with Gasteiger partial charge in [-0.15, -0.1) is 5.10 Å². The van der Waals surface area contributed by atoms with E-state index in [1.54, 1.807) is 6.07 Å². The first-order valence-corrected chi connectivity index (χ1v) is 9.29. The molecule has 0 radical (unpaired) electrons. The van der Waals surface area contributed by atoms with Crippen LogP contribution >= 0.6 is 0 Å². The molecule has 0 fully saturated rings. The topological polar surface area (TPSA) is 84.5 Å². The van der Waals surface area contributed by atoms with Crippen molar-refractivity contribution in [1.82, 2.24) is 14.3 Å². The van der Waals surface area contributed by atoms with E-state index in [4.69, 9.17) is 0 Å². The maximum atomic E-state index is 13.8. The summed E-state index contributed by atoms with van der Waals surface area (Å²) in [5.74, 6) is 0.145. The predicted molar refractivity (Wildman–Crippen MR) is 106 cm³/mol. The fourth-order valence-electron chi connectivity index (χ4n) is 3.66. The van der Waals surface area contributed by atoms with E-state index in [1.165, 1.54) is 22.8 Å². The van der Waals surface area contributed by atoms with Gasteiger partial charge in [0.1, 0.15) is 18.2 Å². The van der Waals surface area contributed by atoms with Gasteiger partial charge in [-0.05, 0) is 30.7 Å². The summed E-state index contributed by atoms with van der Waals surface area (Å²) in [6, 6.07) is 13.4. The Kier molecular flexibility index (Phi) is 4.01. The van der Waals surface area contributed by atoms with Gasteiger partial charge >= 0.3 is 5.69 Å².